The summed E-state index contributed by atoms with van der Waals surface area (Å²) in [5.41, 5.74) is 7.03. The van der Waals surface area contributed by atoms with Crippen LogP contribution < -0.4 is 15.2 Å². The Kier molecular flexibility index (Phi) is 12.3. The van der Waals surface area contributed by atoms with Gasteiger partial charge in [0.05, 0.1) is 13.2 Å². The Balaban J connectivity index is 1.26. The number of para-hydroxylation sites is 2. The summed E-state index contributed by atoms with van der Waals surface area (Å²) in [6, 6.07) is 23.1. The highest BCUT2D eigenvalue weighted by atomic mass is 31.2. The Morgan fingerprint density at radius 1 is 1.00 bits per heavy atom. The minimum Gasteiger partial charge on any atom is -0.489 e. The molecule has 1 saturated heterocycles. The number of aryl methyl sites for hydroxylation is 1. The van der Waals surface area contributed by atoms with Gasteiger partial charge in [0.15, 0.2) is 0 Å². The van der Waals surface area contributed by atoms with E-state index in [-0.39, 0.29) is 6.42 Å². The number of phosphoric acid groups is 1. The highest BCUT2D eigenvalue weighted by molar-refractivity contribution is 7.47. The fourth-order valence-corrected chi connectivity index (χ4v) is 5.11. The Labute approximate surface area is 255 Å². The maximum atomic E-state index is 12.8. The van der Waals surface area contributed by atoms with Crippen LogP contribution in [0.3, 0.4) is 0 Å². The maximum Gasteiger partial charge on any atom is 0.472 e. The average Bonchev–Trinajstić information content (AvgIpc) is 3.02. The Morgan fingerprint density at radius 3 is 2.55 bits per heavy atom. The van der Waals surface area contributed by atoms with E-state index in [0.717, 1.165) is 16.9 Å². The van der Waals surface area contributed by atoms with Crippen molar-refractivity contribution in [1.82, 2.24) is 0 Å². The monoisotopic (exact) mass is 629 g/mol. The van der Waals surface area contributed by atoms with Crippen LogP contribution in [0.4, 0.5) is 0 Å². The van der Waals surface area contributed by atoms with Crippen molar-refractivity contribution in [3.63, 3.8) is 0 Å². The molecule has 3 aromatic carbocycles. The van der Waals surface area contributed by atoms with Gasteiger partial charge in [0.1, 0.15) is 42.1 Å². The van der Waals surface area contributed by atoms with Crippen LogP contribution in [0, 0.1) is 0 Å². The van der Waals surface area contributed by atoms with Crippen LogP contribution >= 0.6 is 7.82 Å². The Morgan fingerprint density at radius 2 is 1.75 bits per heavy atom. The summed E-state index contributed by atoms with van der Waals surface area (Å²) >= 11 is 0. The number of phosphoric ester groups is 1. The number of carboxylic acids is 1. The summed E-state index contributed by atoms with van der Waals surface area (Å²) in [6.07, 6.45) is 0.0389. The van der Waals surface area contributed by atoms with Crippen molar-refractivity contribution in [2.75, 3.05) is 19.8 Å². The van der Waals surface area contributed by atoms with Crippen LogP contribution in [-0.2, 0) is 45.7 Å². The first kappa shape index (κ1) is 33.1. The molecule has 4 rings (SSSR count). The first-order valence-electron chi connectivity index (χ1n) is 14.1. The maximum absolute atomic E-state index is 12.8. The smallest absolute Gasteiger partial charge is 0.472 e. The number of ether oxygens (including phenoxy) is 4. The van der Waals surface area contributed by atoms with Gasteiger partial charge in [-0.25, -0.2) is 4.57 Å². The summed E-state index contributed by atoms with van der Waals surface area (Å²) < 4.78 is 45.0. The first-order chi connectivity index (χ1) is 21.2. The summed E-state index contributed by atoms with van der Waals surface area (Å²) in [5, 5.41) is 8.79. The first-order valence-corrected chi connectivity index (χ1v) is 15.6. The van der Waals surface area contributed by atoms with Gasteiger partial charge in [-0.15, -0.1) is 0 Å². The van der Waals surface area contributed by atoms with Crippen LogP contribution in [0.1, 0.15) is 30.4 Å². The van der Waals surface area contributed by atoms with Gasteiger partial charge in [-0.2, -0.15) is 0 Å². The van der Waals surface area contributed by atoms with Gasteiger partial charge in [0, 0.05) is 13.0 Å². The van der Waals surface area contributed by atoms with Crippen LogP contribution in [-0.4, -0.2) is 60.0 Å². The predicted molar refractivity (Wildman–Crippen MR) is 158 cm³/mol. The molecule has 12 nitrogen and oxygen atoms in total. The summed E-state index contributed by atoms with van der Waals surface area (Å²) in [6.45, 7) is -0.459. The van der Waals surface area contributed by atoms with Crippen molar-refractivity contribution >= 4 is 19.8 Å². The SMILES string of the molecule is N[C@@H](COP(=O)(O)OC[C@H]1OCCC[C@H]1OC(=O)CCc1ccccc1OCc1cccc(Oc2ccccc2)c1)C(=O)O. The number of carbonyl (C=O) groups is 2. The topological polar surface area (TPSA) is 173 Å². The van der Waals surface area contributed by atoms with Gasteiger partial charge in [0.2, 0.25) is 0 Å². The summed E-state index contributed by atoms with van der Waals surface area (Å²) in [4.78, 5) is 33.4. The molecule has 13 heteroatoms. The van der Waals surface area contributed by atoms with Gasteiger partial charge in [0.25, 0.3) is 0 Å². The number of benzene rings is 3. The lowest BCUT2D eigenvalue weighted by Crippen LogP contribution is -2.40. The van der Waals surface area contributed by atoms with Crippen LogP contribution in [0.15, 0.2) is 78.9 Å². The standard InChI is InChI=1S/C31H36NO11P/c32-26(31(34)35)20-40-44(36,37)41-21-29-28(14-7-17-38-29)43-30(33)16-15-23-9-4-5-13-27(23)39-19-22-8-6-12-25(18-22)42-24-10-2-1-3-11-24/h1-6,8-13,18,26,28-29H,7,14-17,19-21,32H2,(H,34,35)(H,36,37)/t26-,28+,29+/m0/s1. The fourth-order valence-electron chi connectivity index (χ4n) is 4.35. The zero-order valence-electron chi connectivity index (χ0n) is 24.0. The summed E-state index contributed by atoms with van der Waals surface area (Å²) in [5.74, 6) is 0.217. The van der Waals surface area contributed by atoms with Crippen molar-refractivity contribution < 1.29 is 52.1 Å². The largest absolute Gasteiger partial charge is 0.489 e. The minimum absolute atomic E-state index is 0.0690. The minimum atomic E-state index is -4.60. The van der Waals surface area contributed by atoms with Crippen LogP contribution in [0.2, 0.25) is 0 Å². The van der Waals surface area contributed by atoms with Crippen LogP contribution in [0.25, 0.3) is 0 Å². The molecule has 0 aliphatic carbocycles. The lowest BCUT2D eigenvalue weighted by atomic mass is 10.1. The molecule has 0 amide bonds. The number of aliphatic carboxylic acids is 1. The van der Waals surface area contributed by atoms with Crippen molar-refractivity contribution in [2.45, 2.75) is 50.5 Å². The van der Waals surface area contributed by atoms with Crippen molar-refractivity contribution in [1.29, 1.82) is 0 Å². The second-order valence-electron chi connectivity index (χ2n) is 10.0. The lowest BCUT2D eigenvalue weighted by molar-refractivity contribution is -0.166. The van der Waals surface area contributed by atoms with E-state index in [2.05, 4.69) is 4.52 Å². The molecule has 0 saturated carbocycles. The van der Waals surface area contributed by atoms with E-state index in [9.17, 15) is 19.0 Å². The molecule has 1 unspecified atom stereocenters. The number of carbonyl (C=O) groups excluding carboxylic acids is 1. The molecule has 1 aliphatic rings. The third-order valence-electron chi connectivity index (χ3n) is 6.64. The second kappa shape index (κ2) is 16.3. The van der Waals surface area contributed by atoms with Crippen molar-refractivity contribution in [3.8, 4) is 17.2 Å². The summed E-state index contributed by atoms with van der Waals surface area (Å²) in [7, 11) is -4.60. The molecule has 1 fully saturated rings. The molecule has 4 atom stereocenters. The zero-order valence-corrected chi connectivity index (χ0v) is 24.9. The van der Waals surface area contributed by atoms with E-state index in [1.165, 1.54) is 0 Å². The molecule has 0 bridgehead atoms. The molecule has 44 heavy (non-hydrogen) atoms. The van der Waals surface area contributed by atoms with Crippen molar-refractivity contribution in [3.05, 3.63) is 90.0 Å². The number of hydrogen-bond acceptors (Lipinski definition) is 10. The van der Waals surface area contributed by atoms with E-state index in [4.69, 9.17) is 34.3 Å². The molecule has 0 spiro atoms. The number of nitrogens with two attached hydrogens (primary N) is 1. The van der Waals surface area contributed by atoms with Gasteiger partial charge < -0.3 is 34.7 Å². The van der Waals surface area contributed by atoms with E-state index in [1.54, 1.807) is 0 Å². The number of carboxylic acid groups (broad SMARTS) is 1. The normalized spacial score (nSPS) is 18.5. The van der Waals surface area contributed by atoms with E-state index in [1.807, 2.05) is 78.9 Å². The van der Waals surface area contributed by atoms with Gasteiger partial charge in [-0.05, 0) is 60.7 Å². The van der Waals surface area contributed by atoms with E-state index >= 15 is 0 Å². The predicted octanol–water partition coefficient (Wildman–Crippen LogP) is 4.63. The number of rotatable bonds is 16. The number of hydrogen-bond donors (Lipinski definition) is 3. The van der Waals surface area contributed by atoms with Gasteiger partial charge in [-0.1, -0.05) is 48.5 Å². The molecular formula is C31H36NO11P. The third-order valence-corrected chi connectivity index (χ3v) is 7.59. The zero-order chi connectivity index (χ0) is 31.4. The molecule has 0 radical (unpaired) electrons. The second-order valence-corrected chi connectivity index (χ2v) is 11.5. The fraction of sp³-hybridized carbons (Fsp3) is 0.355. The van der Waals surface area contributed by atoms with E-state index < -0.39 is 51.2 Å². The van der Waals surface area contributed by atoms with Gasteiger partial charge in [-0.3, -0.25) is 18.6 Å². The molecule has 1 heterocycles. The molecule has 1 aliphatic heterocycles. The van der Waals surface area contributed by atoms with Crippen molar-refractivity contribution in [2.24, 2.45) is 5.73 Å². The molecular weight excluding hydrogens is 593 g/mol. The molecule has 4 N–H and O–H groups in total. The average molecular weight is 630 g/mol. The lowest BCUT2D eigenvalue weighted by Gasteiger charge is -2.31. The molecule has 3 aromatic rings. The highest BCUT2D eigenvalue weighted by Gasteiger charge is 2.33. The Hall–Kier alpha value is -3.77. The Bertz CT molecular complexity index is 1420. The number of esters is 1. The highest BCUT2D eigenvalue weighted by Crippen LogP contribution is 2.43. The third kappa shape index (κ3) is 10.7. The quantitative estimate of drug-likeness (QED) is 0.148. The van der Waals surface area contributed by atoms with E-state index in [0.29, 0.717) is 44.0 Å². The van der Waals surface area contributed by atoms with Gasteiger partial charge >= 0.3 is 19.8 Å². The molecule has 0 aromatic heterocycles. The molecule has 236 valence electrons. The van der Waals surface area contributed by atoms with Crippen LogP contribution in [0.5, 0.6) is 17.2 Å².